The van der Waals surface area contributed by atoms with Gasteiger partial charge in [-0.25, -0.2) is 0 Å². The zero-order valence-electron chi connectivity index (χ0n) is 7.94. The van der Waals surface area contributed by atoms with E-state index in [1.54, 1.807) is 0 Å². The molecule has 2 rings (SSSR count). The smallest absolute Gasteiger partial charge is 0.187 e. The molecule has 2 heterocycles. The fourth-order valence-corrected chi connectivity index (χ4v) is 2.30. The molecule has 6 heteroatoms. The lowest BCUT2D eigenvalue weighted by molar-refractivity contribution is 0.0382. The summed E-state index contributed by atoms with van der Waals surface area (Å²) in [5.41, 5.74) is 0. The Morgan fingerprint density at radius 3 is 3.14 bits per heavy atom. The van der Waals surface area contributed by atoms with E-state index in [0.29, 0.717) is 11.3 Å². The van der Waals surface area contributed by atoms with Gasteiger partial charge in [-0.15, -0.1) is 0 Å². The quantitative estimate of drug-likeness (QED) is 0.781. The van der Waals surface area contributed by atoms with Gasteiger partial charge in [-0.2, -0.15) is 8.75 Å². The molecule has 0 spiro atoms. The van der Waals surface area contributed by atoms with Crippen LogP contribution in [-0.2, 0) is 4.74 Å². The Kier molecular flexibility index (Phi) is 3.20. The van der Waals surface area contributed by atoms with Gasteiger partial charge in [0.25, 0.3) is 0 Å². The number of aromatic nitrogens is 2. The van der Waals surface area contributed by atoms with Crippen LogP contribution in [0.5, 0.6) is 0 Å². The molecule has 1 aromatic rings. The number of anilines is 1. The lowest BCUT2D eigenvalue weighted by Gasteiger charge is -2.32. The van der Waals surface area contributed by atoms with Crippen LogP contribution in [-0.4, -0.2) is 34.5 Å². The first-order valence-electron chi connectivity index (χ1n) is 4.66. The van der Waals surface area contributed by atoms with E-state index in [1.165, 1.54) is 0 Å². The molecule has 0 N–H and O–H groups in total. The third kappa shape index (κ3) is 1.99. The molecule has 0 amide bonds. The van der Waals surface area contributed by atoms with Gasteiger partial charge in [0, 0.05) is 13.1 Å². The molecule has 1 aliphatic heterocycles. The summed E-state index contributed by atoms with van der Waals surface area (Å²) in [6, 6.07) is 0. The number of halogens is 1. The van der Waals surface area contributed by atoms with E-state index in [-0.39, 0.29) is 0 Å². The Hall–Kier alpha value is -0.390. The van der Waals surface area contributed by atoms with Crippen molar-refractivity contribution in [3.63, 3.8) is 0 Å². The Morgan fingerprint density at radius 1 is 1.64 bits per heavy atom. The Labute approximate surface area is 92.2 Å². The third-order valence-corrected chi connectivity index (χ3v) is 3.20. The summed E-state index contributed by atoms with van der Waals surface area (Å²) in [5, 5.41) is 0.506. The zero-order valence-corrected chi connectivity index (χ0v) is 9.51. The van der Waals surface area contributed by atoms with E-state index in [9.17, 15) is 0 Å². The normalized spacial score (nSPS) is 22.7. The highest BCUT2D eigenvalue weighted by atomic mass is 35.5. The third-order valence-electron chi connectivity index (χ3n) is 2.33. The van der Waals surface area contributed by atoms with Gasteiger partial charge in [0.1, 0.15) is 0 Å². The maximum absolute atomic E-state index is 5.92. The van der Waals surface area contributed by atoms with Gasteiger partial charge >= 0.3 is 0 Å². The van der Waals surface area contributed by atoms with E-state index in [4.69, 9.17) is 16.3 Å². The van der Waals surface area contributed by atoms with Crippen molar-refractivity contribution in [2.24, 2.45) is 0 Å². The number of rotatable bonds is 2. The van der Waals surface area contributed by atoms with Crippen LogP contribution in [0, 0.1) is 0 Å². The van der Waals surface area contributed by atoms with Crippen molar-refractivity contribution in [1.29, 1.82) is 0 Å². The first-order chi connectivity index (χ1) is 6.81. The molecule has 1 atom stereocenters. The summed E-state index contributed by atoms with van der Waals surface area (Å²) < 4.78 is 13.7. The first-order valence-corrected chi connectivity index (χ1v) is 5.76. The molecule has 0 saturated carbocycles. The number of hydrogen-bond donors (Lipinski definition) is 0. The minimum atomic E-state index is 0.293. The first kappa shape index (κ1) is 10.1. The van der Waals surface area contributed by atoms with Gasteiger partial charge < -0.3 is 9.64 Å². The van der Waals surface area contributed by atoms with Crippen molar-refractivity contribution in [3.05, 3.63) is 5.15 Å². The van der Waals surface area contributed by atoms with Crippen molar-refractivity contribution in [2.75, 3.05) is 24.6 Å². The average Bonchev–Trinajstić information content (AvgIpc) is 2.65. The molecule has 1 saturated heterocycles. The number of hydrogen-bond acceptors (Lipinski definition) is 5. The van der Waals surface area contributed by atoms with Crippen LogP contribution in [0.25, 0.3) is 0 Å². The fraction of sp³-hybridized carbons (Fsp3) is 0.750. The van der Waals surface area contributed by atoms with Gasteiger partial charge in [-0.1, -0.05) is 18.5 Å². The van der Waals surface area contributed by atoms with Crippen molar-refractivity contribution in [2.45, 2.75) is 19.4 Å². The zero-order chi connectivity index (χ0) is 9.97. The van der Waals surface area contributed by atoms with Gasteiger partial charge in [0.05, 0.1) is 24.4 Å². The summed E-state index contributed by atoms with van der Waals surface area (Å²) in [7, 11) is 0. The van der Waals surface area contributed by atoms with Crippen molar-refractivity contribution in [1.82, 2.24) is 8.75 Å². The molecule has 0 aromatic carbocycles. The number of nitrogens with zero attached hydrogens (tertiary/aromatic N) is 3. The van der Waals surface area contributed by atoms with Crippen LogP contribution in [0.3, 0.4) is 0 Å². The van der Waals surface area contributed by atoms with Crippen LogP contribution in [0.4, 0.5) is 5.82 Å². The maximum Gasteiger partial charge on any atom is 0.187 e. The maximum atomic E-state index is 5.92. The van der Waals surface area contributed by atoms with Gasteiger partial charge in [-0.3, -0.25) is 0 Å². The van der Waals surface area contributed by atoms with E-state index in [1.807, 2.05) is 0 Å². The average molecular weight is 234 g/mol. The summed E-state index contributed by atoms with van der Waals surface area (Å²) in [6.45, 7) is 4.57. The minimum absolute atomic E-state index is 0.293. The van der Waals surface area contributed by atoms with Crippen LogP contribution in [0.15, 0.2) is 0 Å². The number of morpholine rings is 1. The second-order valence-corrected chi connectivity index (χ2v) is 4.11. The molecular weight excluding hydrogens is 222 g/mol. The lowest BCUT2D eigenvalue weighted by Crippen LogP contribution is -2.42. The highest BCUT2D eigenvalue weighted by Gasteiger charge is 2.22. The lowest BCUT2D eigenvalue weighted by atomic mass is 10.2. The summed E-state index contributed by atoms with van der Waals surface area (Å²) >= 11 is 7.07. The standard InChI is InChI=1S/C8H12ClN3OS/c1-2-6-5-12(3-4-13-6)8-7(9)10-14-11-8/h6H,2-5H2,1H3. The molecule has 0 bridgehead atoms. The molecule has 1 fully saturated rings. The molecule has 0 radical (unpaired) electrons. The second-order valence-electron chi connectivity index (χ2n) is 3.23. The van der Waals surface area contributed by atoms with E-state index < -0.39 is 0 Å². The van der Waals surface area contributed by atoms with E-state index in [2.05, 4.69) is 20.6 Å². The topological polar surface area (TPSA) is 38.2 Å². The van der Waals surface area contributed by atoms with Crippen LogP contribution < -0.4 is 4.90 Å². The molecule has 1 unspecified atom stereocenters. The highest BCUT2D eigenvalue weighted by molar-refractivity contribution is 6.99. The minimum Gasteiger partial charge on any atom is -0.375 e. The summed E-state index contributed by atoms with van der Waals surface area (Å²) in [4.78, 5) is 2.14. The molecule has 14 heavy (non-hydrogen) atoms. The highest BCUT2D eigenvalue weighted by Crippen LogP contribution is 2.24. The SMILES string of the molecule is CCC1CN(c2nsnc2Cl)CCO1. The largest absolute Gasteiger partial charge is 0.375 e. The summed E-state index contributed by atoms with van der Waals surface area (Å²) in [6.07, 6.45) is 1.31. The molecule has 1 aromatic heterocycles. The molecule has 0 aliphatic carbocycles. The van der Waals surface area contributed by atoms with E-state index in [0.717, 1.165) is 43.7 Å². The molecular formula is C8H12ClN3OS. The van der Waals surface area contributed by atoms with Crippen molar-refractivity contribution >= 4 is 29.1 Å². The fourth-order valence-electron chi connectivity index (χ4n) is 1.52. The van der Waals surface area contributed by atoms with Gasteiger partial charge in [0.2, 0.25) is 0 Å². The monoisotopic (exact) mass is 233 g/mol. The van der Waals surface area contributed by atoms with Gasteiger partial charge in [0.15, 0.2) is 11.0 Å². The molecule has 4 nitrogen and oxygen atoms in total. The van der Waals surface area contributed by atoms with E-state index >= 15 is 0 Å². The van der Waals surface area contributed by atoms with Crippen LogP contribution in [0.2, 0.25) is 5.15 Å². The van der Waals surface area contributed by atoms with Gasteiger partial charge in [-0.05, 0) is 6.42 Å². The Bertz CT molecular complexity index is 307. The number of ether oxygens (including phenoxy) is 1. The second kappa shape index (κ2) is 4.42. The van der Waals surface area contributed by atoms with Crippen molar-refractivity contribution in [3.8, 4) is 0 Å². The Morgan fingerprint density at radius 2 is 2.50 bits per heavy atom. The predicted molar refractivity (Wildman–Crippen MR) is 57.2 cm³/mol. The molecule has 78 valence electrons. The molecule has 1 aliphatic rings. The Balaban J connectivity index is 2.08. The predicted octanol–water partition coefficient (Wildman–Crippen LogP) is 1.81. The van der Waals surface area contributed by atoms with Crippen LogP contribution in [0.1, 0.15) is 13.3 Å². The summed E-state index contributed by atoms with van der Waals surface area (Å²) in [5.74, 6) is 0.804. The van der Waals surface area contributed by atoms with Crippen molar-refractivity contribution < 1.29 is 4.74 Å². The van der Waals surface area contributed by atoms with Crippen LogP contribution >= 0.6 is 23.3 Å².